The molecular formula is C9H19N. The molecule has 1 heteroatoms. The van der Waals surface area contributed by atoms with Gasteiger partial charge in [0.25, 0.3) is 0 Å². The zero-order valence-electron chi connectivity index (χ0n) is 7.35. The van der Waals surface area contributed by atoms with Crippen molar-refractivity contribution >= 4 is 0 Å². The summed E-state index contributed by atoms with van der Waals surface area (Å²) in [4.78, 5) is 0. The van der Waals surface area contributed by atoms with Gasteiger partial charge in [0.15, 0.2) is 0 Å². The Morgan fingerprint density at radius 3 is 2.30 bits per heavy atom. The molecule has 10 heavy (non-hydrogen) atoms. The lowest BCUT2D eigenvalue weighted by Crippen LogP contribution is -1.99. The molecule has 0 bridgehead atoms. The van der Waals surface area contributed by atoms with Crippen molar-refractivity contribution in [1.29, 1.82) is 0 Å². The van der Waals surface area contributed by atoms with Gasteiger partial charge in [-0.15, -0.1) is 0 Å². The predicted molar refractivity (Wildman–Crippen MR) is 46.9 cm³/mol. The van der Waals surface area contributed by atoms with E-state index in [0.717, 1.165) is 19.4 Å². The van der Waals surface area contributed by atoms with E-state index in [1.165, 1.54) is 0 Å². The fraction of sp³-hybridized carbons (Fsp3) is 0.778. The van der Waals surface area contributed by atoms with Crippen molar-refractivity contribution in [2.45, 2.75) is 33.6 Å². The monoisotopic (exact) mass is 141 g/mol. The molecule has 0 aliphatic rings. The lowest BCUT2D eigenvalue weighted by atomic mass is 9.96. The highest BCUT2D eigenvalue weighted by Crippen LogP contribution is 2.14. The van der Waals surface area contributed by atoms with Crippen LogP contribution in [0.2, 0.25) is 0 Å². The van der Waals surface area contributed by atoms with Gasteiger partial charge in [-0.05, 0) is 24.8 Å². The Kier molecular flexibility index (Phi) is 4.37. The summed E-state index contributed by atoms with van der Waals surface area (Å²) in [5.74, 6) is 0. The van der Waals surface area contributed by atoms with Gasteiger partial charge in [-0.3, -0.25) is 0 Å². The van der Waals surface area contributed by atoms with Gasteiger partial charge in [0, 0.05) is 0 Å². The van der Waals surface area contributed by atoms with Crippen LogP contribution in [0.1, 0.15) is 33.6 Å². The summed E-state index contributed by atoms with van der Waals surface area (Å²) in [6.07, 6.45) is 6.68. The van der Waals surface area contributed by atoms with Crippen LogP contribution in [0.3, 0.4) is 0 Å². The topological polar surface area (TPSA) is 26.0 Å². The Hall–Kier alpha value is -0.300. The second-order valence-corrected chi connectivity index (χ2v) is 3.70. The lowest BCUT2D eigenvalue weighted by Gasteiger charge is -2.10. The number of hydrogen-bond donors (Lipinski definition) is 1. The van der Waals surface area contributed by atoms with Crippen LogP contribution in [0.5, 0.6) is 0 Å². The molecule has 0 unspecified atom stereocenters. The summed E-state index contributed by atoms with van der Waals surface area (Å²) in [7, 11) is 0. The molecule has 0 aromatic rings. The fourth-order valence-electron chi connectivity index (χ4n) is 0.673. The van der Waals surface area contributed by atoms with Gasteiger partial charge < -0.3 is 5.73 Å². The molecule has 0 fully saturated rings. The Labute approximate surface area is 64.3 Å². The maximum absolute atomic E-state index is 5.34. The van der Waals surface area contributed by atoms with Gasteiger partial charge in [-0.1, -0.05) is 32.9 Å². The van der Waals surface area contributed by atoms with Crippen molar-refractivity contribution in [3.63, 3.8) is 0 Å². The smallest absolute Gasteiger partial charge is 0.00743 e. The predicted octanol–water partition coefficient (Wildman–Crippen LogP) is 2.33. The minimum atomic E-state index is 0.328. The van der Waals surface area contributed by atoms with Gasteiger partial charge in [0.1, 0.15) is 0 Å². The molecule has 0 rings (SSSR count). The molecule has 0 heterocycles. The first-order valence-electron chi connectivity index (χ1n) is 3.94. The zero-order valence-corrected chi connectivity index (χ0v) is 7.35. The number of hydrogen-bond acceptors (Lipinski definition) is 1. The number of rotatable bonds is 3. The highest BCUT2D eigenvalue weighted by molar-refractivity contribution is 4.91. The molecular weight excluding hydrogens is 122 g/mol. The van der Waals surface area contributed by atoms with Gasteiger partial charge in [-0.25, -0.2) is 0 Å². The van der Waals surface area contributed by atoms with Crippen molar-refractivity contribution in [1.82, 2.24) is 0 Å². The Morgan fingerprint density at radius 1 is 1.30 bits per heavy atom. The number of nitrogens with two attached hydrogens (primary N) is 1. The van der Waals surface area contributed by atoms with Crippen LogP contribution in [0, 0.1) is 5.41 Å². The van der Waals surface area contributed by atoms with E-state index < -0.39 is 0 Å². The van der Waals surface area contributed by atoms with Crippen LogP contribution in [0.25, 0.3) is 0 Å². The van der Waals surface area contributed by atoms with Gasteiger partial charge >= 0.3 is 0 Å². The van der Waals surface area contributed by atoms with E-state index in [-0.39, 0.29) is 0 Å². The molecule has 0 atom stereocenters. The molecule has 0 spiro atoms. The molecule has 0 amide bonds. The number of allylic oxidation sites excluding steroid dienone is 2. The van der Waals surface area contributed by atoms with E-state index in [1.54, 1.807) is 0 Å². The van der Waals surface area contributed by atoms with E-state index in [2.05, 4.69) is 32.9 Å². The van der Waals surface area contributed by atoms with Gasteiger partial charge in [0.05, 0.1) is 0 Å². The standard InChI is InChI=1S/C9H19N/c1-9(2,3)7-5-4-6-8-10/h5,7H,4,6,8,10H2,1-3H3/b7-5+. The van der Waals surface area contributed by atoms with E-state index in [0.29, 0.717) is 5.41 Å². The van der Waals surface area contributed by atoms with Crippen LogP contribution in [0.15, 0.2) is 12.2 Å². The molecule has 0 aromatic carbocycles. The van der Waals surface area contributed by atoms with Crippen molar-refractivity contribution in [2.75, 3.05) is 6.54 Å². The average Bonchev–Trinajstić information content (AvgIpc) is 1.78. The Morgan fingerprint density at radius 2 is 1.90 bits per heavy atom. The largest absolute Gasteiger partial charge is 0.330 e. The van der Waals surface area contributed by atoms with Crippen molar-refractivity contribution < 1.29 is 0 Å². The maximum Gasteiger partial charge on any atom is -0.00743 e. The van der Waals surface area contributed by atoms with Crippen molar-refractivity contribution in [3.05, 3.63) is 12.2 Å². The zero-order chi connectivity index (χ0) is 8.04. The molecule has 0 saturated heterocycles. The highest BCUT2D eigenvalue weighted by Gasteiger charge is 2.01. The van der Waals surface area contributed by atoms with Crippen LogP contribution in [-0.4, -0.2) is 6.54 Å². The lowest BCUT2D eigenvalue weighted by molar-refractivity contribution is 0.541. The summed E-state index contributed by atoms with van der Waals surface area (Å²) in [5.41, 5.74) is 5.67. The maximum atomic E-state index is 5.34. The van der Waals surface area contributed by atoms with Crippen LogP contribution in [0.4, 0.5) is 0 Å². The third-order valence-corrected chi connectivity index (χ3v) is 1.19. The first kappa shape index (κ1) is 9.70. The van der Waals surface area contributed by atoms with E-state index in [9.17, 15) is 0 Å². The quantitative estimate of drug-likeness (QED) is 0.474. The molecule has 0 radical (unpaired) electrons. The second-order valence-electron chi connectivity index (χ2n) is 3.70. The molecule has 0 aromatic heterocycles. The summed E-state index contributed by atoms with van der Waals surface area (Å²) in [5, 5.41) is 0. The van der Waals surface area contributed by atoms with Crippen LogP contribution >= 0.6 is 0 Å². The van der Waals surface area contributed by atoms with Gasteiger partial charge in [0.2, 0.25) is 0 Å². The molecule has 60 valence electrons. The van der Waals surface area contributed by atoms with Crippen LogP contribution < -0.4 is 5.73 Å². The first-order valence-corrected chi connectivity index (χ1v) is 3.94. The summed E-state index contributed by atoms with van der Waals surface area (Å²) in [6.45, 7) is 7.40. The van der Waals surface area contributed by atoms with Gasteiger partial charge in [-0.2, -0.15) is 0 Å². The highest BCUT2D eigenvalue weighted by atomic mass is 14.5. The van der Waals surface area contributed by atoms with E-state index in [1.807, 2.05) is 0 Å². The minimum Gasteiger partial charge on any atom is -0.330 e. The van der Waals surface area contributed by atoms with E-state index in [4.69, 9.17) is 5.73 Å². The molecule has 0 saturated carbocycles. The van der Waals surface area contributed by atoms with E-state index >= 15 is 0 Å². The summed E-state index contributed by atoms with van der Waals surface area (Å²) >= 11 is 0. The molecule has 0 aliphatic carbocycles. The average molecular weight is 141 g/mol. The third-order valence-electron chi connectivity index (χ3n) is 1.19. The fourth-order valence-corrected chi connectivity index (χ4v) is 0.673. The number of unbranched alkanes of at least 4 members (excludes halogenated alkanes) is 1. The minimum absolute atomic E-state index is 0.328. The second kappa shape index (κ2) is 4.51. The first-order chi connectivity index (χ1) is 4.56. The Bertz CT molecular complexity index is 97.8. The Balaban J connectivity index is 3.37. The summed E-state index contributed by atoms with van der Waals surface area (Å²) < 4.78 is 0. The van der Waals surface area contributed by atoms with Crippen molar-refractivity contribution in [2.24, 2.45) is 11.1 Å². The SMILES string of the molecule is CC(C)(C)/C=C/CCCN. The van der Waals surface area contributed by atoms with Crippen molar-refractivity contribution in [3.8, 4) is 0 Å². The molecule has 0 aliphatic heterocycles. The van der Waals surface area contributed by atoms with Crippen LogP contribution in [-0.2, 0) is 0 Å². The third kappa shape index (κ3) is 7.70. The summed E-state index contributed by atoms with van der Waals surface area (Å²) in [6, 6.07) is 0. The normalized spacial score (nSPS) is 12.8. The molecule has 2 N–H and O–H groups in total. The molecule has 1 nitrogen and oxygen atoms in total.